The Morgan fingerprint density at radius 1 is 0.923 bits per heavy atom. The fourth-order valence-electron chi connectivity index (χ4n) is 2.50. The molecule has 1 aliphatic rings. The van der Waals surface area contributed by atoms with Gasteiger partial charge < -0.3 is 10.6 Å². The second-order valence-corrected chi connectivity index (χ2v) is 6.76. The van der Waals surface area contributed by atoms with Crippen molar-refractivity contribution in [3.63, 3.8) is 0 Å². The van der Waals surface area contributed by atoms with Gasteiger partial charge in [-0.15, -0.1) is 0 Å². The molecule has 0 saturated heterocycles. The number of rotatable bonds is 7. The summed E-state index contributed by atoms with van der Waals surface area (Å²) >= 11 is 5.80. The summed E-state index contributed by atoms with van der Waals surface area (Å²) in [6.45, 7) is 0. The van der Waals surface area contributed by atoms with Gasteiger partial charge in [-0.25, -0.2) is 0 Å². The van der Waals surface area contributed by atoms with Crippen molar-refractivity contribution in [2.24, 2.45) is 5.92 Å². The molecule has 0 aliphatic heterocycles. The number of hydrogen-bond donors (Lipinski definition) is 2. The maximum Gasteiger partial charge on any atom is 0.227 e. The molecule has 2 N–H and O–H groups in total. The van der Waals surface area contributed by atoms with E-state index in [-0.39, 0.29) is 36.4 Å². The minimum absolute atomic E-state index is 0.0158. The van der Waals surface area contributed by atoms with E-state index >= 15 is 0 Å². The molecule has 0 spiro atoms. The van der Waals surface area contributed by atoms with Crippen molar-refractivity contribution in [2.45, 2.75) is 25.7 Å². The Morgan fingerprint density at radius 2 is 1.58 bits per heavy atom. The second-order valence-electron chi connectivity index (χ2n) is 6.32. The van der Waals surface area contributed by atoms with Crippen molar-refractivity contribution in [3.05, 3.63) is 59.1 Å². The van der Waals surface area contributed by atoms with Gasteiger partial charge in [0, 0.05) is 40.7 Å². The molecular formula is C20H19ClN2O3. The Labute approximate surface area is 156 Å². The minimum atomic E-state index is -0.252. The highest BCUT2D eigenvalue weighted by atomic mass is 35.5. The summed E-state index contributed by atoms with van der Waals surface area (Å²) in [5.41, 5.74) is 1.77. The van der Waals surface area contributed by atoms with Crippen LogP contribution in [0, 0.1) is 5.92 Å². The summed E-state index contributed by atoms with van der Waals surface area (Å²) in [4.78, 5) is 36.0. The highest BCUT2D eigenvalue weighted by Gasteiger charge is 2.29. The minimum Gasteiger partial charge on any atom is -0.326 e. The van der Waals surface area contributed by atoms with Gasteiger partial charge in [-0.1, -0.05) is 17.7 Å². The lowest BCUT2D eigenvalue weighted by Gasteiger charge is -2.08. The zero-order valence-corrected chi connectivity index (χ0v) is 14.9. The third-order valence-electron chi connectivity index (χ3n) is 4.11. The number of hydrogen-bond acceptors (Lipinski definition) is 3. The molecule has 6 heteroatoms. The van der Waals surface area contributed by atoms with E-state index in [2.05, 4.69) is 10.6 Å². The molecule has 0 unspecified atom stereocenters. The molecule has 1 fully saturated rings. The van der Waals surface area contributed by atoms with Crippen LogP contribution in [0.1, 0.15) is 36.0 Å². The second kappa shape index (κ2) is 8.15. The van der Waals surface area contributed by atoms with Crippen molar-refractivity contribution < 1.29 is 14.4 Å². The molecule has 2 amide bonds. The van der Waals surface area contributed by atoms with Crippen LogP contribution < -0.4 is 10.6 Å². The van der Waals surface area contributed by atoms with E-state index < -0.39 is 0 Å². The number of amides is 2. The first-order valence-corrected chi connectivity index (χ1v) is 8.88. The predicted octanol–water partition coefficient (Wildman–Crippen LogP) is 4.29. The number of nitrogens with one attached hydrogen (secondary N) is 2. The van der Waals surface area contributed by atoms with Gasteiger partial charge in [-0.2, -0.15) is 0 Å². The summed E-state index contributed by atoms with van der Waals surface area (Å²) in [6, 6.07) is 13.6. The van der Waals surface area contributed by atoms with Gasteiger partial charge in [0.1, 0.15) is 0 Å². The fourth-order valence-corrected chi connectivity index (χ4v) is 2.62. The average molecular weight is 371 g/mol. The van der Waals surface area contributed by atoms with Crippen molar-refractivity contribution in [1.82, 2.24) is 0 Å². The lowest BCUT2D eigenvalue weighted by atomic mass is 10.1. The Hall–Kier alpha value is -2.66. The highest BCUT2D eigenvalue weighted by Crippen LogP contribution is 2.30. The van der Waals surface area contributed by atoms with Crippen LogP contribution in [0.2, 0.25) is 5.02 Å². The third-order valence-corrected chi connectivity index (χ3v) is 4.36. The molecule has 0 bridgehead atoms. The molecule has 0 atom stereocenters. The van der Waals surface area contributed by atoms with Crippen molar-refractivity contribution in [3.8, 4) is 0 Å². The molecule has 5 nitrogen and oxygen atoms in total. The lowest BCUT2D eigenvalue weighted by Crippen LogP contribution is -2.15. The summed E-state index contributed by atoms with van der Waals surface area (Å²) in [5.74, 6) is -0.227. The van der Waals surface area contributed by atoms with Gasteiger partial charge in [0.05, 0.1) is 0 Å². The van der Waals surface area contributed by atoms with Crippen LogP contribution in [-0.4, -0.2) is 17.6 Å². The first-order chi connectivity index (χ1) is 12.5. The number of carbonyl (C=O) groups excluding carboxylic acids is 3. The summed E-state index contributed by atoms with van der Waals surface area (Å²) in [5, 5.41) is 6.15. The Kier molecular flexibility index (Phi) is 5.68. The molecule has 3 rings (SSSR count). The molecule has 0 radical (unpaired) electrons. The number of anilines is 2. The van der Waals surface area contributed by atoms with E-state index in [1.165, 1.54) is 0 Å². The number of benzene rings is 2. The Balaban J connectivity index is 1.50. The summed E-state index contributed by atoms with van der Waals surface area (Å²) in [7, 11) is 0. The van der Waals surface area contributed by atoms with Crippen LogP contribution in [0.15, 0.2) is 48.5 Å². The monoisotopic (exact) mass is 370 g/mol. The van der Waals surface area contributed by atoms with Crippen LogP contribution in [0.3, 0.4) is 0 Å². The topological polar surface area (TPSA) is 75.3 Å². The van der Waals surface area contributed by atoms with Crippen molar-refractivity contribution >= 4 is 40.6 Å². The number of halogens is 1. The average Bonchev–Trinajstić information content (AvgIpc) is 3.46. The predicted molar refractivity (Wildman–Crippen MR) is 101 cm³/mol. The zero-order chi connectivity index (χ0) is 18.5. The van der Waals surface area contributed by atoms with E-state index in [0.29, 0.717) is 22.0 Å². The van der Waals surface area contributed by atoms with Gasteiger partial charge in [0.15, 0.2) is 5.78 Å². The van der Waals surface area contributed by atoms with Crippen LogP contribution in [0.25, 0.3) is 0 Å². The SMILES string of the molecule is O=C(CCC(=O)c1ccc(Cl)cc1)Nc1cccc(NC(=O)C2CC2)c1. The first-order valence-electron chi connectivity index (χ1n) is 8.51. The molecule has 134 valence electrons. The molecule has 2 aromatic rings. The molecule has 0 heterocycles. The van der Waals surface area contributed by atoms with Gasteiger partial charge in [-0.05, 0) is 55.3 Å². The Bertz CT molecular complexity index is 829. The normalized spacial score (nSPS) is 13.1. The molecule has 1 aliphatic carbocycles. The maximum atomic E-state index is 12.1. The van der Waals surface area contributed by atoms with E-state index in [9.17, 15) is 14.4 Å². The van der Waals surface area contributed by atoms with Gasteiger partial charge in [0.25, 0.3) is 0 Å². The highest BCUT2D eigenvalue weighted by molar-refractivity contribution is 6.30. The first kappa shape index (κ1) is 18.1. The van der Waals surface area contributed by atoms with E-state index in [1.54, 1.807) is 48.5 Å². The van der Waals surface area contributed by atoms with Crippen molar-refractivity contribution in [1.29, 1.82) is 0 Å². The molecule has 1 saturated carbocycles. The third kappa shape index (κ3) is 5.17. The summed E-state index contributed by atoms with van der Waals surface area (Å²) < 4.78 is 0. The van der Waals surface area contributed by atoms with Gasteiger partial charge in [0.2, 0.25) is 11.8 Å². The van der Waals surface area contributed by atoms with E-state index in [0.717, 1.165) is 12.8 Å². The quantitative estimate of drug-likeness (QED) is 0.714. The van der Waals surface area contributed by atoms with Crippen LogP contribution >= 0.6 is 11.6 Å². The smallest absolute Gasteiger partial charge is 0.227 e. The van der Waals surface area contributed by atoms with Crippen LogP contribution in [0.5, 0.6) is 0 Å². The van der Waals surface area contributed by atoms with Gasteiger partial charge >= 0.3 is 0 Å². The largest absolute Gasteiger partial charge is 0.326 e. The Morgan fingerprint density at radius 3 is 2.23 bits per heavy atom. The van der Waals surface area contributed by atoms with Gasteiger partial charge in [-0.3, -0.25) is 14.4 Å². The number of ketones is 1. The standard InChI is InChI=1S/C20H19ClN2O3/c21-15-8-6-13(7-9-15)18(24)10-11-19(25)22-16-2-1-3-17(12-16)23-20(26)14-4-5-14/h1-3,6-9,12,14H,4-5,10-11H2,(H,22,25)(H,23,26). The van der Waals surface area contributed by atoms with E-state index in [1.807, 2.05) is 0 Å². The number of Topliss-reactive ketones (excluding diaryl/α,β-unsaturated/α-hetero) is 1. The van der Waals surface area contributed by atoms with Crippen molar-refractivity contribution in [2.75, 3.05) is 10.6 Å². The molecule has 0 aromatic heterocycles. The maximum absolute atomic E-state index is 12.1. The molecule has 2 aromatic carbocycles. The molecule has 26 heavy (non-hydrogen) atoms. The van der Waals surface area contributed by atoms with E-state index in [4.69, 9.17) is 11.6 Å². The summed E-state index contributed by atoms with van der Waals surface area (Å²) in [6.07, 6.45) is 2.07. The molecular weight excluding hydrogens is 352 g/mol. The lowest BCUT2D eigenvalue weighted by molar-refractivity contribution is -0.117. The van der Waals surface area contributed by atoms with Crippen LogP contribution in [-0.2, 0) is 9.59 Å². The fraction of sp³-hybridized carbons (Fsp3) is 0.250. The zero-order valence-electron chi connectivity index (χ0n) is 14.1. The van der Waals surface area contributed by atoms with Crippen LogP contribution in [0.4, 0.5) is 11.4 Å². The number of carbonyl (C=O) groups is 3.